The second-order valence-corrected chi connectivity index (χ2v) is 6.36. The summed E-state index contributed by atoms with van der Waals surface area (Å²) in [5.74, 6) is 0.425. The molecule has 2 heteroatoms. The summed E-state index contributed by atoms with van der Waals surface area (Å²) in [6.07, 6.45) is 4.81. The first-order valence-electron chi connectivity index (χ1n) is 8.54. The maximum absolute atomic E-state index is 13.0. The molecular formula is C20H25NO. The van der Waals surface area contributed by atoms with Crippen LogP contribution in [-0.2, 0) is 0 Å². The van der Waals surface area contributed by atoms with Gasteiger partial charge < -0.3 is 4.90 Å². The van der Waals surface area contributed by atoms with Gasteiger partial charge in [0.2, 0.25) is 0 Å². The zero-order valence-corrected chi connectivity index (χ0v) is 13.4. The lowest BCUT2D eigenvalue weighted by Crippen LogP contribution is -2.36. The third kappa shape index (κ3) is 3.22. The summed E-state index contributed by atoms with van der Waals surface area (Å²) in [6, 6.07) is 14.3. The molecular weight excluding hydrogens is 270 g/mol. The number of rotatable bonds is 5. The molecule has 0 radical (unpaired) electrons. The number of ketones is 1. The van der Waals surface area contributed by atoms with E-state index in [-0.39, 0.29) is 5.92 Å². The Hall–Kier alpha value is -1.67. The predicted molar refractivity (Wildman–Crippen MR) is 92.4 cm³/mol. The molecule has 1 aliphatic heterocycles. The zero-order valence-electron chi connectivity index (χ0n) is 13.4. The number of carbonyl (C=O) groups excluding carboxylic acids is 1. The lowest BCUT2D eigenvalue weighted by atomic mass is 9.91. The molecule has 22 heavy (non-hydrogen) atoms. The van der Waals surface area contributed by atoms with E-state index in [9.17, 15) is 4.79 Å². The Morgan fingerprint density at radius 1 is 1.05 bits per heavy atom. The largest absolute Gasteiger partial charge is 0.303 e. The van der Waals surface area contributed by atoms with Crippen LogP contribution in [0, 0.1) is 5.92 Å². The molecule has 0 saturated carbocycles. The van der Waals surface area contributed by atoms with Crippen molar-refractivity contribution in [2.45, 2.75) is 32.6 Å². The smallest absolute Gasteiger partial charge is 0.167 e. The molecule has 116 valence electrons. The van der Waals surface area contributed by atoms with Crippen molar-refractivity contribution < 1.29 is 4.79 Å². The molecule has 1 saturated heterocycles. The summed E-state index contributed by atoms with van der Waals surface area (Å²) in [7, 11) is 0. The van der Waals surface area contributed by atoms with Crippen LogP contribution in [0.2, 0.25) is 0 Å². The highest BCUT2D eigenvalue weighted by atomic mass is 16.1. The molecule has 0 amide bonds. The summed E-state index contributed by atoms with van der Waals surface area (Å²) in [5.41, 5.74) is 0.891. The number of benzene rings is 2. The van der Waals surface area contributed by atoms with Gasteiger partial charge in [0.25, 0.3) is 0 Å². The van der Waals surface area contributed by atoms with Gasteiger partial charge in [-0.3, -0.25) is 4.79 Å². The summed E-state index contributed by atoms with van der Waals surface area (Å²) < 4.78 is 0. The van der Waals surface area contributed by atoms with Gasteiger partial charge in [-0.15, -0.1) is 0 Å². The quantitative estimate of drug-likeness (QED) is 0.755. The van der Waals surface area contributed by atoms with Gasteiger partial charge >= 0.3 is 0 Å². The molecule has 0 bridgehead atoms. The average Bonchev–Trinajstić information content (AvgIpc) is 2.59. The van der Waals surface area contributed by atoms with Gasteiger partial charge in [-0.1, -0.05) is 55.8 Å². The first-order chi connectivity index (χ1) is 10.8. The van der Waals surface area contributed by atoms with Gasteiger partial charge in [0, 0.05) is 18.0 Å². The van der Waals surface area contributed by atoms with E-state index in [1.807, 2.05) is 24.3 Å². The number of Topliss-reactive ketones (excluding diaryl/α,β-unsaturated/α-hetero) is 1. The number of likely N-dealkylation sites (tertiary alicyclic amines) is 1. The Morgan fingerprint density at radius 3 is 2.55 bits per heavy atom. The van der Waals surface area contributed by atoms with Crippen molar-refractivity contribution >= 4 is 16.6 Å². The molecule has 3 rings (SSSR count). The molecule has 0 aliphatic carbocycles. The normalized spacial score (nSPS) is 17.5. The second kappa shape index (κ2) is 7.06. The third-order valence-corrected chi connectivity index (χ3v) is 4.85. The van der Waals surface area contributed by atoms with Crippen molar-refractivity contribution in [3.8, 4) is 0 Å². The average molecular weight is 295 g/mol. The SMILES string of the molecule is CCC(CN1CCCCC1)C(=O)c1cccc2ccccc12. The van der Waals surface area contributed by atoms with E-state index in [4.69, 9.17) is 0 Å². The molecule has 1 unspecified atom stereocenters. The molecule has 1 heterocycles. The van der Waals surface area contributed by atoms with Crippen LogP contribution in [0.25, 0.3) is 10.8 Å². The minimum atomic E-state index is 0.115. The first kappa shape index (κ1) is 15.2. The Balaban J connectivity index is 1.83. The number of piperidine rings is 1. The van der Waals surface area contributed by atoms with E-state index in [0.29, 0.717) is 5.78 Å². The van der Waals surface area contributed by atoms with Crippen LogP contribution in [0.3, 0.4) is 0 Å². The van der Waals surface area contributed by atoms with Gasteiger partial charge in [0.1, 0.15) is 0 Å². The second-order valence-electron chi connectivity index (χ2n) is 6.36. The van der Waals surface area contributed by atoms with Crippen molar-refractivity contribution in [3.05, 3.63) is 48.0 Å². The molecule has 2 aromatic carbocycles. The van der Waals surface area contributed by atoms with Gasteiger partial charge in [-0.2, -0.15) is 0 Å². The number of fused-ring (bicyclic) bond motifs is 1. The van der Waals surface area contributed by atoms with Crippen molar-refractivity contribution in [2.75, 3.05) is 19.6 Å². The Morgan fingerprint density at radius 2 is 1.77 bits per heavy atom. The van der Waals surface area contributed by atoms with Crippen molar-refractivity contribution in [1.82, 2.24) is 4.90 Å². The molecule has 0 N–H and O–H groups in total. The third-order valence-electron chi connectivity index (χ3n) is 4.85. The van der Waals surface area contributed by atoms with E-state index in [1.54, 1.807) is 0 Å². The molecule has 2 nitrogen and oxygen atoms in total. The van der Waals surface area contributed by atoms with Crippen LogP contribution in [0.5, 0.6) is 0 Å². The lowest BCUT2D eigenvalue weighted by Gasteiger charge is -2.29. The van der Waals surface area contributed by atoms with Crippen LogP contribution in [0.4, 0.5) is 0 Å². The van der Waals surface area contributed by atoms with Crippen LogP contribution in [0.15, 0.2) is 42.5 Å². The standard InChI is InChI=1S/C20H25NO/c1-2-16(15-21-13-6-3-7-14-21)20(22)19-12-8-10-17-9-4-5-11-18(17)19/h4-5,8-12,16H,2-3,6-7,13-15H2,1H3. The Bertz CT molecular complexity index is 638. The van der Waals surface area contributed by atoms with Gasteiger partial charge in [-0.25, -0.2) is 0 Å². The monoisotopic (exact) mass is 295 g/mol. The molecule has 1 aliphatic rings. The molecule has 0 aromatic heterocycles. The van der Waals surface area contributed by atoms with Gasteiger partial charge in [0.05, 0.1) is 0 Å². The zero-order chi connectivity index (χ0) is 15.4. The predicted octanol–water partition coefficient (Wildman–Crippen LogP) is 4.53. The van der Waals surface area contributed by atoms with Crippen molar-refractivity contribution in [2.24, 2.45) is 5.92 Å². The number of hydrogen-bond acceptors (Lipinski definition) is 2. The number of hydrogen-bond donors (Lipinski definition) is 0. The molecule has 1 atom stereocenters. The topological polar surface area (TPSA) is 20.3 Å². The van der Waals surface area contributed by atoms with Crippen LogP contribution in [-0.4, -0.2) is 30.3 Å². The van der Waals surface area contributed by atoms with E-state index >= 15 is 0 Å². The molecule has 1 fully saturated rings. The molecule has 2 aromatic rings. The highest BCUT2D eigenvalue weighted by Crippen LogP contribution is 2.23. The minimum absolute atomic E-state index is 0.115. The minimum Gasteiger partial charge on any atom is -0.303 e. The van der Waals surface area contributed by atoms with Crippen LogP contribution >= 0.6 is 0 Å². The number of nitrogens with zero attached hydrogens (tertiary/aromatic N) is 1. The molecule has 0 spiro atoms. The van der Waals surface area contributed by atoms with Crippen molar-refractivity contribution in [3.63, 3.8) is 0 Å². The Kier molecular flexibility index (Phi) is 4.89. The van der Waals surface area contributed by atoms with E-state index in [0.717, 1.165) is 42.4 Å². The van der Waals surface area contributed by atoms with E-state index < -0.39 is 0 Å². The van der Waals surface area contributed by atoms with E-state index in [1.165, 1.54) is 19.3 Å². The summed E-state index contributed by atoms with van der Waals surface area (Å²) in [5, 5.41) is 2.24. The summed E-state index contributed by atoms with van der Waals surface area (Å²) in [4.78, 5) is 15.5. The van der Waals surface area contributed by atoms with Gasteiger partial charge in [-0.05, 0) is 43.1 Å². The maximum Gasteiger partial charge on any atom is 0.167 e. The van der Waals surface area contributed by atoms with Gasteiger partial charge in [0.15, 0.2) is 5.78 Å². The maximum atomic E-state index is 13.0. The van der Waals surface area contributed by atoms with E-state index in [2.05, 4.69) is 30.0 Å². The first-order valence-corrected chi connectivity index (χ1v) is 8.54. The van der Waals surface area contributed by atoms with Crippen molar-refractivity contribution in [1.29, 1.82) is 0 Å². The summed E-state index contributed by atoms with van der Waals surface area (Å²) >= 11 is 0. The van der Waals surface area contributed by atoms with Crippen LogP contribution in [0.1, 0.15) is 43.0 Å². The summed E-state index contributed by atoms with van der Waals surface area (Å²) in [6.45, 7) is 5.36. The highest BCUT2D eigenvalue weighted by molar-refractivity contribution is 6.09. The fourth-order valence-electron chi connectivity index (χ4n) is 3.51. The number of carbonyl (C=O) groups is 1. The fraction of sp³-hybridized carbons (Fsp3) is 0.450. The van der Waals surface area contributed by atoms with Crippen LogP contribution < -0.4 is 0 Å². The Labute approximate surface area is 133 Å². The fourth-order valence-corrected chi connectivity index (χ4v) is 3.51. The lowest BCUT2D eigenvalue weighted by molar-refractivity contribution is 0.0865. The highest BCUT2D eigenvalue weighted by Gasteiger charge is 2.23.